The van der Waals surface area contributed by atoms with Crippen LogP contribution in [-0.2, 0) is 9.59 Å². The molecule has 1 aliphatic rings. The van der Waals surface area contributed by atoms with Gasteiger partial charge in [0.25, 0.3) is 0 Å². The van der Waals surface area contributed by atoms with E-state index in [4.69, 9.17) is 11.6 Å². The van der Waals surface area contributed by atoms with Crippen LogP contribution in [0.15, 0.2) is 29.8 Å². The highest BCUT2D eigenvalue weighted by molar-refractivity contribution is 6.30. The van der Waals surface area contributed by atoms with Crippen molar-refractivity contribution in [1.29, 1.82) is 0 Å². The van der Waals surface area contributed by atoms with Crippen molar-refractivity contribution in [2.24, 2.45) is 5.92 Å². The summed E-state index contributed by atoms with van der Waals surface area (Å²) in [5, 5.41) is 0.687. The zero-order valence-electron chi connectivity index (χ0n) is 11.7. The van der Waals surface area contributed by atoms with Crippen LogP contribution in [0.3, 0.4) is 0 Å². The summed E-state index contributed by atoms with van der Waals surface area (Å²) in [6.45, 7) is 0. The number of carbonyl (C=O) groups is 2. The maximum absolute atomic E-state index is 12.2. The first kappa shape index (κ1) is 14.8. The predicted octanol–water partition coefficient (Wildman–Crippen LogP) is 3.18. The van der Waals surface area contributed by atoms with Crippen molar-refractivity contribution in [3.63, 3.8) is 0 Å². The second kappa shape index (κ2) is 6.23. The minimum absolute atomic E-state index is 0.00161. The topological polar surface area (TPSA) is 37.4 Å². The van der Waals surface area contributed by atoms with Crippen LogP contribution < -0.4 is 0 Å². The van der Waals surface area contributed by atoms with E-state index in [2.05, 4.69) is 0 Å². The Labute approximate surface area is 124 Å². The molecule has 0 unspecified atom stereocenters. The molecule has 0 radical (unpaired) electrons. The van der Waals surface area contributed by atoms with Crippen molar-refractivity contribution in [3.05, 3.63) is 40.4 Å². The third kappa shape index (κ3) is 3.48. The molecular formula is C16H18ClNO2. The van der Waals surface area contributed by atoms with Crippen molar-refractivity contribution in [2.75, 3.05) is 14.1 Å². The van der Waals surface area contributed by atoms with Crippen LogP contribution in [0.5, 0.6) is 0 Å². The molecule has 0 saturated heterocycles. The lowest BCUT2D eigenvalue weighted by Gasteiger charge is -2.26. The molecule has 0 bridgehead atoms. The van der Waals surface area contributed by atoms with E-state index in [9.17, 15) is 9.59 Å². The monoisotopic (exact) mass is 291 g/mol. The summed E-state index contributed by atoms with van der Waals surface area (Å²) in [6.07, 6.45) is 3.51. The highest BCUT2D eigenvalue weighted by Crippen LogP contribution is 2.30. The first-order valence-corrected chi connectivity index (χ1v) is 7.04. The fourth-order valence-electron chi connectivity index (χ4n) is 2.42. The Hall–Kier alpha value is -1.61. The van der Waals surface area contributed by atoms with Gasteiger partial charge in [-0.2, -0.15) is 0 Å². The van der Waals surface area contributed by atoms with Gasteiger partial charge in [0.2, 0.25) is 5.91 Å². The molecule has 0 heterocycles. The minimum atomic E-state index is -0.318. The van der Waals surface area contributed by atoms with Crippen LogP contribution in [-0.4, -0.2) is 30.7 Å². The number of benzene rings is 1. The van der Waals surface area contributed by atoms with E-state index >= 15 is 0 Å². The Bertz CT molecular complexity index is 546. The quantitative estimate of drug-likeness (QED) is 0.839. The highest BCUT2D eigenvalue weighted by atomic mass is 35.5. The molecule has 0 N–H and O–H groups in total. The average molecular weight is 292 g/mol. The van der Waals surface area contributed by atoms with E-state index in [-0.39, 0.29) is 17.6 Å². The lowest BCUT2D eigenvalue weighted by Crippen LogP contribution is -2.34. The number of hydrogen-bond donors (Lipinski definition) is 0. The van der Waals surface area contributed by atoms with Gasteiger partial charge < -0.3 is 4.90 Å². The van der Waals surface area contributed by atoms with Gasteiger partial charge in [0.1, 0.15) is 5.78 Å². The first-order valence-electron chi connectivity index (χ1n) is 6.66. The largest absolute Gasteiger partial charge is 0.348 e. The molecular weight excluding hydrogens is 274 g/mol. The number of amides is 1. The van der Waals surface area contributed by atoms with E-state index in [1.807, 2.05) is 30.3 Å². The molecule has 0 spiro atoms. The van der Waals surface area contributed by atoms with Crippen LogP contribution in [0.2, 0.25) is 5.02 Å². The minimum Gasteiger partial charge on any atom is -0.348 e. The van der Waals surface area contributed by atoms with Gasteiger partial charge in [-0.1, -0.05) is 35.4 Å². The van der Waals surface area contributed by atoms with Gasteiger partial charge in [0, 0.05) is 32.0 Å². The number of hydrogen-bond acceptors (Lipinski definition) is 2. The van der Waals surface area contributed by atoms with E-state index < -0.39 is 0 Å². The fourth-order valence-corrected chi connectivity index (χ4v) is 2.55. The van der Waals surface area contributed by atoms with E-state index in [1.165, 1.54) is 0 Å². The van der Waals surface area contributed by atoms with Gasteiger partial charge in [-0.25, -0.2) is 0 Å². The maximum Gasteiger partial charge on any atom is 0.229 e. The molecule has 2 rings (SSSR count). The van der Waals surface area contributed by atoms with Crippen molar-refractivity contribution >= 4 is 29.4 Å². The molecule has 0 aromatic heterocycles. The van der Waals surface area contributed by atoms with Gasteiger partial charge in [-0.15, -0.1) is 0 Å². The Morgan fingerprint density at radius 1 is 1.25 bits per heavy atom. The number of rotatable bonds is 2. The molecule has 1 aromatic carbocycles. The second-order valence-electron chi connectivity index (χ2n) is 5.30. The summed E-state index contributed by atoms with van der Waals surface area (Å²) in [7, 11) is 3.45. The molecule has 4 heteroatoms. The Morgan fingerprint density at radius 2 is 1.90 bits per heavy atom. The number of nitrogens with zero attached hydrogens (tertiary/aromatic N) is 1. The third-order valence-corrected chi connectivity index (χ3v) is 3.78. The van der Waals surface area contributed by atoms with Crippen molar-refractivity contribution in [1.82, 2.24) is 4.90 Å². The van der Waals surface area contributed by atoms with Gasteiger partial charge in [0.15, 0.2) is 0 Å². The van der Waals surface area contributed by atoms with Crippen molar-refractivity contribution in [2.45, 2.75) is 19.3 Å². The third-order valence-electron chi connectivity index (χ3n) is 3.53. The molecule has 1 amide bonds. The van der Waals surface area contributed by atoms with Gasteiger partial charge in [-0.05, 0) is 24.1 Å². The zero-order valence-corrected chi connectivity index (χ0v) is 12.5. The van der Waals surface area contributed by atoms with E-state index in [0.717, 1.165) is 11.1 Å². The average Bonchev–Trinajstić information content (AvgIpc) is 2.42. The van der Waals surface area contributed by atoms with Gasteiger partial charge in [0.05, 0.1) is 5.92 Å². The number of carbonyl (C=O) groups excluding carboxylic acids is 2. The summed E-state index contributed by atoms with van der Waals surface area (Å²) in [6, 6.07) is 7.49. The molecule has 0 aliphatic heterocycles. The molecule has 106 valence electrons. The normalized spacial score (nSPS) is 21.1. The predicted molar refractivity (Wildman–Crippen MR) is 80.5 cm³/mol. The molecule has 1 fully saturated rings. The van der Waals surface area contributed by atoms with Crippen LogP contribution in [0, 0.1) is 5.92 Å². The van der Waals surface area contributed by atoms with Crippen molar-refractivity contribution < 1.29 is 9.59 Å². The zero-order chi connectivity index (χ0) is 14.7. The van der Waals surface area contributed by atoms with E-state index in [0.29, 0.717) is 24.3 Å². The Morgan fingerprint density at radius 3 is 2.50 bits per heavy atom. The Kier molecular flexibility index (Phi) is 4.61. The maximum atomic E-state index is 12.2. The highest BCUT2D eigenvalue weighted by Gasteiger charge is 2.30. The van der Waals surface area contributed by atoms with Crippen LogP contribution >= 0.6 is 11.6 Å². The fraction of sp³-hybridized carbons (Fsp3) is 0.375. The molecule has 20 heavy (non-hydrogen) atoms. The second-order valence-corrected chi connectivity index (χ2v) is 5.74. The standard InChI is InChI=1S/C16H18ClNO2/c1-18(2)16(20)15-10-14(19)8-5-12(15)9-11-3-6-13(17)7-4-11/h3-4,6-7,9,15H,5,8,10H2,1-2H3/b12-9+/t15-/m0/s1. The number of ketones is 1. The van der Waals surface area contributed by atoms with Crippen molar-refractivity contribution in [3.8, 4) is 0 Å². The first-order chi connectivity index (χ1) is 9.47. The Balaban J connectivity index is 2.28. The van der Waals surface area contributed by atoms with Crippen LogP contribution in [0.25, 0.3) is 6.08 Å². The smallest absolute Gasteiger partial charge is 0.229 e. The molecule has 1 aromatic rings. The lowest BCUT2D eigenvalue weighted by molar-refractivity contribution is -0.135. The summed E-state index contributed by atoms with van der Waals surface area (Å²) in [5.41, 5.74) is 2.04. The van der Waals surface area contributed by atoms with E-state index in [1.54, 1.807) is 19.0 Å². The summed E-state index contributed by atoms with van der Waals surface area (Å²) >= 11 is 5.87. The van der Waals surface area contributed by atoms with Crippen LogP contribution in [0.4, 0.5) is 0 Å². The summed E-state index contributed by atoms with van der Waals surface area (Å²) in [4.78, 5) is 25.4. The molecule has 1 saturated carbocycles. The SMILES string of the molecule is CN(C)C(=O)[C@H]1CC(=O)CC/C1=C\c1ccc(Cl)cc1. The number of halogens is 1. The molecule has 1 atom stereocenters. The van der Waals surface area contributed by atoms with Gasteiger partial charge >= 0.3 is 0 Å². The molecule has 3 nitrogen and oxygen atoms in total. The van der Waals surface area contributed by atoms with Gasteiger partial charge in [-0.3, -0.25) is 9.59 Å². The molecule has 1 aliphatic carbocycles. The van der Waals surface area contributed by atoms with Crippen LogP contribution in [0.1, 0.15) is 24.8 Å². The summed E-state index contributed by atoms with van der Waals surface area (Å²) < 4.78 is 0. The lowest BCUT2D eigenvalue weighted by atomic mass is 9.81. The number of Topliss-reactive ketones (excluding diaryl/α,β-unsaturated/α-hetero) is 1. The summed E-state index contributed by atoms with van der Waals surface area (Å²) in [5.74, 6) is -0.154.